The first-order chi connectivity index (χ1) is 14.1. The van der Waals surface area contributed by atoms with Crippen LogP contribution in [0.25, 0.3) is 16.5 Å². The Kier molecular flexibility index (Phi) is 5.92. The summed E-state index contributed by atoms with van der Waals surface area (Å²) in [5.41, 5.74) is 10.7. The Morgan fingerprint density at radius 3 is 2.83 bits per heavy atom. The summed E-state index contributed by atoms with van der Waals surface area (Å²) in [5.74, 6) is 1.86. The number of benzene rings is 2. The van der Waals surface area contributed by atoms with Crippen molar-refractivity contribution in [3.05, 3.63) is 71.4 Å². The molecule has 0 aliphatic carbocycles. The molecule has 1 aliphatic rings. The van der Waals surface area contributed by atoms with Crippen LogP contribution in [0, 0.1) is 0 Å². The normalized spacial score (nSPS) is 16.7. The van der Waals surface area contributed by atoms with Gasteiger partial charge in [0.15, 0.2) is 0 Å². The fourth-order valence-electron chi connectivity index (χ4n) is 3.74. The second-order valence-electron chi connectivity index (χ2n) is 7.37. The van der Waals surface area contributed by atoms with Crippen molar-refractivity contribution in [1.29, 1.82) is 0 Å². The van der Waals surface area contributed by atoms with Crippen LogP contribution in [0.5, 0.6) is 5.75 Å². The molecule has 0 fully saturated rings. The molecule has 1 aliphatic heterocycles. The highest BCUT2D eigenvalue weighted by atomic mass is 32.2. The lowest BCUT2D eigenvalue weighted by Gasteiger charge is -2.24. The average Bonchev–Trinajstić information content (AvgIpc) is 3.14. The molecule has 0 saturated heterocycles. The SMILES string of the molecule is NC(=O)c1ccc2[nH]cc(CSCCC3CC(c4ccc(O)cc4)=CCN3)c2c1. The van der Waals surface area contributed by atoms with Gasteiger partial charge in [0.2, 0.25) is 5.91 Å². The van der Waals surface area contributed by atoms with Crippen molar-refractivity contribution in [2.24, 2.45) is 5.73 Å². The van der Waals surface area contributed by atoms with Gasteiger partial charge in [-0.25, -0.2) is 0 Å². The van der Waals surface area contributed by atoms with Crippen molar-refractivity contribution in [3.8, 4) is 5.75 Å². The first kappa shape index (κ1) is 19.6. The molecule has 150 valence electrons. The number of phenols is 1. The lowest BCUT2D eigenvalue weighted by Crippen LogP contribution is -2.33. The van der Waals surface area contributed by atoms with E-state index in [1.807, 2.05) is 42.2 Å². The van der Waals surface area contributed by atoms with Crippen LogP contribution in [0.1, 0.15) is 34.3 Å². The molecule has 1 atom stereocenters. The summed E-state index contributed by atoms with van der Waals surface area (Å²) < 4.78 is 0. The predicted octanol–water partition coefficient (Wildman–Crippen LogP) is 4.04. The standard InChI is InChI=1S/C23H25N3O2S/c24-23(28)17-3-6-22-21(12-17)18(13-26-22)14-29-10-8-19-11-16(7-9-25-19)15-1-4-20(27)5-2-15/h1-7,12-13,19,25-27H,8-11,14H2,(H2,24,28). The number of carbonyl (C=O) groups is 1. The molecule has 0 bridgehead atoms. The predicted molar refractivity (Wildman–Crippen MR) is 120 cm³/mol. The average molecular weight is 408 g/mol. The number of H-pyrrole nitrogens is 1. The van der Waals surface area contributed by atoms with E-state index in [4.69, 9.17) is 5.73 Å². The molecule has 6 heteroatoms. The molecule has 0 spiro atoms. The Balaban J connectivity index is 1.30. The number of hydrogen-bond donors (Lipinski definition) is 4. The fraction of sp³-hybridized carbons (Fsp3) is 0.261. The molecule has 4 rings (SSSR count). The number of nitrogens with two attached hydrogens (primary N) is 1. The van der Waals surface area contributed by atoms with E-state index in [-0.39, 0.29) is 0 Å². The molecule has 0 saturated carbocycles. The lowest BCUT2D eigenvalue weighted by atomic mass is 9.94. The summed E-state index contributed by atoms with van der Waals surface area (Å²) >= 11 is 1.90. The molecular weight excluding hydrogens is 382 g/mol. The summed E-state index contributed by atoms with van der Waals surface area (Å²) in [7, 11) is 0. The highest BCUT2D eigenvalue weighted by Gasteiger charge is 2.16. The number of nitrogens with one attached hydrogen (secondary N) is 2. The summed E-state index contributed by atoms with van der Waals surface area (Å²) in [5, 5.41) is 14.1. The highest BCUT2D eigenvalue weighted by molar-refractivity contribution is 7.98. The van der Waals surface area contributed by atoms with Gasteiger partial charge < -0.3 is 21.1 Å². The summed E-state index contributed by atoms with van der Waals surface area (Å²) in [4.78, 5) is 14.7. The van der Waals surface area contributed by atoms with Crippen molar-refractivity contribution in [3.63, 3.8) is 0 Å². The summed E-state index contributed by atoms with van der Waals surface area (Å²) in [6.07, 6.45) is 6.35. The molecule has 1 aromatic heterocycles. The van der Waals surface area contributed by atoms with Gasteiger partial charge in [-0.1, -0.05) is 18.2 Å². The van der Waals surface area contributed by atoms with Crippen LogP contribution in [0.3, 0.4) is 0 Å². The maximum atomic E-state index is 11.4. The molecule has 1 amide bonds. The minimum absolute atomic E-state index is 0.302. The van der Waals surface area contributed by atoms with Gasteiger partial charge >= 0.3 is 0 Å². The van der Waals surface area contributed by atoms with Crippen LogP contribution in [0.4, 0.5) is 0 Å². The van der Waals surface area contributed by atoms with E-state index in [0.717, 1.165) is 41.8 Å². The number of aromatic hydroxyl groups is 1. The van der Waals surface area contributed by atoms with E-state index in [9.17, 15) is 9.90 Å². The Bertz CT molecular complexity index is 1040. The van der Waals surface area contributed by atoms with Gasteiger partial charge in [0.1, 0.15) is 5.75 Å². The van der Waals surface area contributed by atoms with E-state index in [1.165, 1.54) is 16.7 Å². The quantitative estimate of drug-likeness (QED) is 0.445. The Morgan fingerprint density at radius 1 is 1.21 bits per heavy atom. The van der Waals surface area contributed by atoms with Gasteiger partial charge in [-0.3, -0.25) is 4.79 Å². The largest absolute Gasteiger partial charge is 0.508 e. The topological polar surface area (TPSA) is 91.1 Å². The number of fused-ring (bicyclic) bond motifs is 1. The molecule has 5 nitrogen and oxygen atoms in total. The van der Waals surface area contributed by atoms with E-state index < -0.39 is 5.91 Å². The number of rotatable bonds is 7. The molecule has 1 unspecified atom stereocenters. The fourth-order valence-corrected chi connectivity index (χ4v) is 4.80. The van der Waals surface area contributed by atoms with Gasteiger partial charge in [0.25, 0.3) is 0 Å². The molecule has 3 aromatic rings. The number of aromatic nitrogens is 1. The molecule has 5 N–H and O–H groups in total. The Labute approximate surface area is 174 Å². The number of primary amides is 1. The van der Waals surface area contributed by atoms with Crippen LogP contribution < -0.4 is 11.1 Å². The number of phenolic OH excluding ortho intramolecular Hbond substituents is 1. The number of carbonyl (C=O) groups excluding carboxylic acids is 1. The van der Waals surface area contributed by atoms with Gasteiger partial charge in [0.05, 0.1) is 0 Å². The second-order valence-corrected chi connectivity index (χ2v) is 8.47. The summed E-state index contributed by atoms with van der Waals surface area (Å²) in [6, 6.07) is 13.5. The zero-order valence-electron chi connectivity index (χ0n) is 16.2. The molecule has 0 radical (unpaired) electrons. The smallest absolute Gasteiger partial charge is 0.248 e. The monoisotopic (exact) mass is 407 g/mol. The lowest BCUT2D eigenvalue weighted by molar-refractivity contribution is 0.100. The van der Waals surface area contributed by atoms with Crippen molar-refractivity contribution in [1.82, 2.24) is 10.3 Å². The van der Waals surface area contributed by atoms with Gasteiger partial charge in [-0.15, -0.1) is 0 Å². The van der Waals surface area contributed by atoms with Crippen LogP contribution in [-0.2, 0) is 5.75 Å². The third-order valence-corrected chi connectivity index (χ3v) is 6.42. The highest BCUT2D eigenvalue weighted by Crippen LogP contribution is 2.27. The van der Waals surface area contributed by atoms with Crippen LogP contribution in [-0.4, -0.2) is 34.3 Å². The Hall–Kier alpha value is -2.70. The molecule has 2 heterocycles. The minimum atomic E-state index is -0.396. The van der Waals surface area contributed by atoms with E-state index in [1.54, 1.807) is 18.2 Å². The second kappa shape index (κ2) is 8.76. The van der Waals surface area contributed by atoms with E-state index in [2.05, 4.69) is 16.4 Å². The van der Waals surface area contributed by atoms with E-state index in [0.29, 0.717) is 17.4 Å². The van der Waals surface area contributed by atoms with Gasteiger partial charge in [0, 0.05) is 41.0 Å². The van der Waals surface area contributed by atoms with Crippen LogP contribution in [0.2, 0.25) is 0 Å². The first-order valence-electron chi connectivity index (χ1n) is 9.79. The Morgan fingerprint density at radius 2 is 2.03 bits per heavy atom. The van der Waals surface area contributed by atoms with E-state index >= 15 is 0 Å². The number of hydrogen-bond acceptors (Lipinski definition) is 4. The molecule has 2 aromatic carbocycles. The zero-order chi connectivity index (χ0) is 20.2. The summed E-state index contributed by atoms with van der Waals surface area (Å²) in [6.45, 7) is 0.879. The van der Waals surface area contributed by atoms with Crippen molar-refractivity contribution >= 4 is 34.1 Å². The van der Waals surface area contributed by atoms with Crippen LogP contribution >= 0.6 is 11.8 Å². The maximum Gasteiger partial charge on any atom is 0.248 e. The van der Waals surface area contributed by atoms with Crippen molar-refractivity contribution < 1.29 is 9.90 Å². The number of aromatic amines is 1. The minimum Gasteiger partial charge on any atom is -0.508 e. The number of thioether (sulfide) groups is 1. The maximum absolute atomic E-state index is 11.4. The van der Waals surface area contributed by atoms with Crippen LogP contribution in [0.15, 0.2) is 54.7 Å². The van der Waals surface area contributed by atoms with Gasteiger partial charge in [-0.05, 0) is 65.6 Å². The van der Waals surface area contributed by atoms with Crippen molar-refractivity contribution in [2.75, 3.05) is 12.3 Å². The molecule has 29 heavy (non-hydrogen) atoms. The van der Waals surface area contributed by atoms with Crippen molar-refractivity contribution in [2.45, 2.75) is 24.6 Å². The zero-order valence-corrected chi connectivity index (χ0v) is 17.0. The first-order valence-corrected chi connectivity index (χ1v) is 10.9. The van der Waals surface area contributed by atoms with Gasteiger partial charge in [-0.2, -0.15) is 11.8 Å². The third kappa shape index (κ3) is 4.66. The molecular formula is C23H25N3O2S. The third-order valence-electron chi connectivity index (χ3n) is 5.38. The number of amides is 1.